The number of nitrogens with zero attached hydrogens (tertiary/aromatic N) is 1. The standard InChI is InChI=1S/C18H18N2O2S/c1-13-19-16-11-15(7-8-17(16)22-13)20-18(21)12-23-10-9-14-5-3-2-4-6-14/h2-8,11H,9-10,12H2,1H3,(H,20,21). The third-order valence-electron chi connectivity index (χ3n) is 3.39. The van der Waals surface area contributed by atoms with Crippen LogP contribution < -0.4 is 5.32 Å². The smallest absolute Gasteiger partial charge is 0.234 e. The van der Waals surface area contributed by atoms with E-state index in [1.807, 2.05) is 43.3 Å². The summed E-state index contributed by atoms with van der Waals surface area (Å²) in [6.45, 7) is 1.81. The maximum Gasteiger partial charge on any atom is 0.234 e. The highest BCUT2D eigenvalue weighted by molar-refractivity contribution is 7.99. The molecule has 0 aliphatic heterocycles. The summed E-state index contributed by atoms with van der Waals surface area (Å²) in [4.78, 5) is 16.3. The van der Waals surface area contributed by atoms with Gasteiger partial charge >= 0.3 is 0 Å². The highest BCUT2D eigenvalue weighted by Crippen LogP contribution is 2.20. The first-order valence-corrected chi connectivity index (χ1v) is 8.65. The van der Waals surface area contributed by atoms with Crippen LogP contribution in [-0.2, 0) is 11.2 Å². The SMILES string of the molecule is Cc1nc2cc(NC(=O)CSCCc3ccccc3)ccc2o1. The highest BCUT2D eigenvalue weighted by atomic mass is 32.2. The molecule has 0 saturated carbocycles. The van der Waals surface area contributed by atoms with Crippen LogP contribution in [0.3, 0.4) is 0 Å². The first kappa shape index (κ1) is 15.6. The topological polar surface area (TPSA) is 55.1 Å². The molecular weight excluding hydrogens is 308 g/mol. The van der Waals surface area contributed by atoms with Crippen LogP contribution in [0.1, 0.15) is 11.5 Å². The first-order chi connectivity index (χ1) is 11.2. The Labute approximate surface area is 139 Å². The number of rotatable bonds is 6. The molecule has 0 atom stereocenters. The zero-order chi connectivity index (χ0) is 16.1. The second-order valence-electron chi connectivity index (χ2n) is 5.25. The van der Waals surface area contributed by atoms with E-state index in [1.54, 1.807) is 11.8 Å². The third kappa shape index (κ3) is 4.36. The lowest BCUT2D eigenvalue weighted by atomic mass is 10.2. The summed E-state index contributed by atoms with van der Waals surface area (Å²) in [5.41, 5.74) is 3.54. The molecule has 4 nitrogen and oxygen atoms in total. The van der Waals surface area contributed by atoms with Crippen LogP contribution in [0.15, 0.2) is 52.9 Å². The van der Waals surface area contributed by atoms with Gasteiger partial charge in [0.2, 0.25) is 5.91 Å². The lowest BCUT2D eigenvalue weighted by Crippen LogP contribution is -2.14. The fraction of sp³-hybridized carbons (Fsp3) is 0.222. The molecule has 0 aliphatic carbocycles. The molecule has 2 aromatic carbocycles. The fourth-order valence-corrected chi connectivity index (χ4v) is 3.10. The fourth-order valence-electron chi connectivity index (χ4n) is 2.32. The Kier molecular flexibility index (Phi) is 4.98. The number of oxazole rings is 1. The molecule has 1 aromatic heterocycles. The number of nitrogens with one attached hydrogen (secondary N) is 1. The first-order valence-electron chi connectivity index (χ1n) is 7.49. The third-order valence-corrected chi connectivity index (χ3v) is 4.35. The van der Waals surface area contributed by atoms with Gasteiger partial charge in [-0.2, -0.15) is 11.8 Å². The molecule has 0 spiro atoms. The minimum atomic E-state index is 0.00243. The van der Waals surface area contributed by atoms with Crippen LogP contribution in [0.25, 0.3) is 11.1 Å². The predicted molar refractivity (Wildman–Crippen MR) is 94.8 cm³/mol. The van der Waals surface area contributed by atoms with E-state index in [9.17, 15) is 4.79 Å². The van der Waals surface area contributed by atoms with Crippen molar-refractivity contribution >= 4 is 34.5 Å². The summed E-state index contributed by atoms with van der Waals surface area (Å²) in [5.74, 6) is 2.00. The Bertz CT molecular complexity index is 799. The lowest BCUT2D eigenvalue weighted by molar-refractivity contribution is -0.113. The van der Waals surface area contributed by atoms with Crippen LogP contribution in [0.5, 0.6) is 0 Å². The molecule has 0 unspecified atom stereocenters. The molecule has 1 heterocycles. The maximum atomic E-state index is 12.0. The van der Waals surface area contributed by atoms with Gasteiger partial charge in [0.15, 0.2) is 11.5 Å². The lowest BCUT2D eigenvalue weighted by Gasteiger charge is -2.05. The summed E-state index contributed by atoms with van der Waals surface area (Å²) in [6, 6.07) is 15.8. The van der Waals surface area contributed by atoms with E-state index in [0.29, 0.717) is 11.6 Å². The second kappa shape index (κ2) is 7.33. The van der Waals surface area contributed by atoms with Crippen molar-refractivity contribution in [3.8, 4) is 0 Å². The summed E-state index contributed by atoms with van der Waals surface area (Å²) >= 11 is 1.64. The van der Waals surface area contributed by atoms with Crippen molar-refractivity contribution in [1.82, 2.24) is 4.98 Å². The van der Waals surface area contributed by atoms with Gasteiger partial charge < -0.3 is 9.73 Å². The van der Waals surface area contributed by atoms with E-state index in [1.165, 1.54) is 5.56 Å². The van der Waals surface area contributed by atoms with Crippen LogP contribution in [-0.4, -0.2) is 22.4 Å². The molecular formula is C18H18N2O2S. The van der Waals surface area contributed by atoms with Crippen LogP contribution >= 0.6 is 11.8 Å². The van der Waals surface area contributed by atoms with E-state index >= 15 is 0 Å². The van der Waals surface area contributed by atoms with E-state index in [-0.39, 0.29) is 5.91 Å². The van der Waals surface area contributed by atoms with E-state index in [0.717, 1.165) is 29.0 Å². The number of aromatic nitrogens is 1. The number of benzene rings is 2. The Hall–Kier alpha value is -2.27. The molecule has 0 fully saturated rings. The van der Waals surface area contributed by atoms with E-state index in [2.05, 4.69) is 22.4 Å². The zero-order valence-electron chi connectivity index (χ0n) is 12.9. The molecule has 118 valence electrons. The number of carbonyl (C=O) groups excluding carboxylic acids is 1. The van der Waals surface area contributed by atoms with Gasteiger partial charge in [-0.25, -0.2) is 4.98 Å². The highest BCUT2D eigenvalue weighted by Gasteiger charge is 2.06. The number of fused-ring (bicyclic) bond motifs is 1. The van der Waals surface area contributed by atoms with Crippen molar-refractivity contribution in [2.45, 2.75) is 13.3 Å². The van der Waals surface area contributed by atoms with Gasteiger partial charge in [0.25, 0.3) is 0 Å². The molecule has 0 saturated heterocycles. The summed E-state index contributed by atoms with van der Waals surface area (Å²) in [6.07, 6.45) is 0.975. The van der Waals surface area contributed by atoms with Crippen molar-refractivity contribution < 1.29 is 9.21 Å². The van der Waals surface area contributed by atoms with Gasteiger partial charge in [-0.1, -0.05) is 30.3 Å². The molecule has 1 N–H and O–H groups in total. The largest absolute Gasteiger partial charge is 0.441 e. The van der Waals surface area contributed by atoms with Crippen LogP contribution in [0.2, 0.25) is 0 Å². The van der Waals surface area contributed by atoms with Gasteiger partial charge in [0.1, 0.15) is 5.52 Å². The molecule has 0 bridgehead atoms. The number of carbonyl (C=O) groups is 1. The molecule has 1 amide bonds. The molecule has 3 aromatic rings. The maximum absolute atomic E-state index is 12.0. The monoisotopic (exact) mass is 326 g/mol. The van der Waals surface area contributed by atoms with Gasteiger partial charge in [0.05, 0.1) is 5.75 Å². The Morgan fingerprint density at radius 3 is 2.87 bits per heavy atom. The summed E-state index contributed by atoms with van der Waals surface area (Å²) in [7, 11) is 0. The van der Waals surface area contributed by atoms with Gasteiger partial charge in [-0.05, 0) is 35.9 Å². The average molecular weight is 326 g/mol. The molecule has 3 rings (SSSR count). The van der Waals surface area contributed by atoms with E-state index in [4.69, 9.17) is 4.42 Å². The van der Waals surface area contributed by atoms with Crippen molar-refractivity contribution in [2.75, 3.05) is 16.8 Å². The number of hydrogen-bond donors (Lipinski definition) is 1. The normalized spacial score (nSPS) is 10.8. The molecule has 0 radical (unpaired) electrons. The number of amides is 1. The van der Waals surface area contributed by atoms with Crippen molar-refractivity contribution in [3.05, 3.63) is 60.0 Å². The number of anilines is 1. The predicted octanol–water partition coefficient (Wildman–Crippen LogP) is 4.05. The number of hydrogen-bond acceptors (Lipinski definition) is 4. The van der Waals surface area contributed by atoms with Gasteiger partial charge in [-0.15, -0.1) is 0 Å². The van der Waals surface area contributed by atoms with Gasteiger partial charge in [0, 0.05) is 12.6 Å². The minimum absolute atomic E-state index is 0.00243. The molecule has 5 heteroatoms. The summed E-state index contributed by atoms with van der Waals surface area (Å²) in [5, 5.41) is 2.90. The second-order valence-corrected chi connectivity index (χ2v) is 6.36. The van der Waals surface area contributed by atoms with Gasteiger partial charge in [-0.3, -0.25) is 4.79 Å². The minimum Gasteiger partial charge on any atom is -0.441 e. The number of thioether (sulfide) groups is 1. The Balaban J connectivity index is 1.46. The molecule has 0 aliphatic rings. The number of aryl methyl sites for hydroxylation is 2. The van der Waals surface area contributed by atoms with Crippen molar-refractivity contribution in [1.29, 1.82) is 0 Å². The van der Waals surface area contributed by atoms with Crippen molar-refractivity contribution in [3.63, 3.8) is 0 Å². The molecule has 23 heavy (non-hydrogen) atoms. The Morgan fingerprint density at radius 2 is 2.04 bits per heavy atom. The van der Waals surface area contributed by atoms with Crippen molar-refractivity contribution in [2.24, 2.45) is 0 Å². The Morgan fingerprint density at radius 1 is 1.22 bits per heavy atom. The summed E-state index contributed by atoms with van der Waals surface area (Å²) < 4.78 is 5.42. The quantitative estimate of drug-likeness (QED) is 0.694. The zero-order valence-corrected chi connectivity index (χ0v) is 13.7. The van der Waals surface area contributed by atoms with Crippen LogP contribution in [0.4, 0.5) is 5.69 Å². The average Bonchev–Trinajstić information content (AvgIpc) is 2.92. The van der Waals surface area contributed by atoms with Crippen LogP contribution in [0, 0.1) is 6.92 Å². The van der Waals surface area contributed by atoms with E-state index < -0.39 is 0 Å².